The summed E-state index contributed by atoms with van der Waals surface area (Å²) >= 11 is 0. The molecule has 0 saturated carbocycles. The third-order valence-electron chi connectivity index (χ3n) is 5.69. The summed E-state index contributed by atoms with van der Waals surface area (Å²) < 4.78 is 50.2. The van der Waals surface area contributed by atoms with E-state index in [0.29, 0.717) is 26.1 Å². The summed E-state index contributed by atoms with van der Waals surface area (Å²) in [5.74, 6) is -0.442. The van der Waals surface area contributed by atoms with Crippen molar-refractivity contribution in [3.63, 3.8) is 0 Å². The fourth-order valence-electron chi connectivity index (χ4n) is 3.91. The number of morpholine rings is 1. The van der Waals surface area contributed by atoms with Crippen molar-refractivity contribution in [2.24, 2.45) is 0 Å². The van der Waals surface area contributed by atoms with Gasteiger partial charge in [-0.15, -0.1) is 0 Å². The van der Waals surface area contributed by atoms with Gasteiger partial charge < -0.3 is 20.5 Å². The first-order valence-electron chi connectivity index (χ1n) is 11.7. The number of halogens is 3. The van der Waals surface area contributed by atoms with E-state index in [9.17, 15) is 23.2 Å². The number of hydrogen-bond donors (Lipinski definition) is 2. The number of nitrogen functional groups attached to an aromatic ring is 1. The quantitative estimate of drug-likeness (QED) is 0.473. The van der Waals surface area contributed by atoms with Crippen LogP contribution in [0.4, 0.5) is 24.9 Å². The second kappa shape index (κ2) is 12.5. The van der Waals surface area contributed by atoms with Gasteiger partial charge in [-0.25, -0.2) is 0 Å². The van der Waals surface area contributed by atoms with Gasteiger partial charge in [-0.2, -0.15) is 28.4 Å². The highest BCUT2D eigenvalue weighted by atomic mass is 19.4. The number of nitrogens with zero attached hydrogens (tertiary/aromatic N) is 4. The standard InChI is InChI=1S/C24H29F3N6O3/c1-2-36-22-18(15-28)21(31-23(29)32-22)30-19(7-4-8-33-9-11-35-12-10-33)20(34)14-16-5-3-6-17(13-16)24(25,26)27/h3,5-6,13,19H,2,4,7-12,14H2,1H3,(H3,29,30,31,32)/t19-/m0/s1. The van der Waals surface area contributed by atoms with Crippen LogP contribution in [0.25, 0.3) is 0 Å². The lowest BCUT2D eigenvalue weighted by Gasteiger charge is -2.27. The molecule has 0 radical (unpaired) electrons. The molecule has 1 aromatic carbocycles. The zero-order valence-electron chi connectivity index (χ0n) is 20.0. The molecule has 1 fully saturated rings. The van der Waals surface area contributed by atoms with Crippen LogP contribution in [0, 0.1) is 11.3 Å². The van der Waals surface area contributed by atoms with Crippen LogP contribution in [0.5, 0.6) is 5.88 Å². The number of carbonyl (C=O) groups excluding carboxylic acids is 1. The minimum absolute atomic E-state index is 0.00361. The molecule has 2 aromatic rings. The van der Waals surface area contributed by atoms with Gasteiger partial charge in [0.25, 0.3) is 0 Å². The molecule has 1 aliphatic rings. The number of anilines is 2. The van der Waals surface area contributed by atoms with Crippen LogP contribution in [0.3, 0.4) is 0 Å². The molecule has 0 unspecified atom stereocenters. The smallest absolute Gasteiger partial charge is 0.416 e. The molecule has 1 aliphatic heterocycles. The number of ether oxygens (including phenoxy) is 2. The second-order valence-corrected chi connectivity index (χ2v) is 8.29. The molecule has 0 aliphatic carbocycles. The topological polar surface area (TPSA) is 126 Å². The van der Waals surface area contributed by atoms with Gasteiger partial charge in [0.05, 0.1) is 31.4 Å². The van der Waals surface area contributed by atoms with E-state index < -0.39 is 17.8 Å². The van der Waals surface area contributed by atoms with Crippen molar-refractivity contribution in [3.05, 3.63) is 41.0 Å². The van der Waals surface area contributed by atoms with Crippen molar-refractivity contribution in [1.82, 2.24) is 14.9 Å². The summed E-state index contributed by atoms with van der Waals surface area (Å²) in [7, 11) is 0. The Morgan fingerprint density at radius 3 is 2.75 bits per heavy atom. The average Bonchev–Trinajstić information content (AvgIpc) is 2.84. The lowest BCUT2D eigenvalue weighted by atomic mass is 9.98. The SMILES string of the molecule is CCOc1nc(N)nc(N[C@@H](CCCN2CCOCC2)C(=O)Cc2cccc(C(F)(F)F)c2)c1C#N. The van der Waals surface area contributed by atoms with E-state index in [4.69, 9.17) is 15.2 Å². The number of rotatable bonds is 11. The highest BCUT2D eigenvalue weighted by molar-refractivity contribution is 5.88. The van der Waals surface area contributed by atoms with E-state index in [1.165, 1.54) is 12.1 Å². The van der Waals surface area contributed by atoms with Crippen molar-refractivity contribution >= 4 is 17.5 Å². The molecule has 1 saturated heterocycles. The van der Waals surface area contributed by atoms with E-state index in [2.05, 4.69) is 20.2 Å². The van der Waals surface area contributed by atoms with Crippen LogP contribution in [-0.2, 0) is 22.1 Å². The van der Waals surface area contributed by atoms with Gasteiger partial charge in [-0.05, 0) is 37.9 Å². The Hall–Kier alpha value is -3.43. The first-order chi connectivity index (χ1) is 17.2. The number of alkyl halides is 3. The van der Waals surface area contributed by atoms with Crippen molar-refractivity contribution in [2.75, 3.05) is 50.5 Å². The summed E-state index contributed by atoms with van der Waals surface area (Å²) in [6.45, 7) is 5.54. The van der Waals surface area contributed by atoms with Crippen molar-refractivity contribution in [2.45, 2.75) is 38.4 Å². The second-order valence-electron chi connectivity index (χ2n) is 8.29. The average molecular weight is 507 g/mol. The molecule has 0 amide bonds. The van der Waals surface area contributed by atoms with Crippen LogP contribution in [0.15, 0.2) is 24.3 Å². The first-order valence-corrected chi connectivity index (χ1v) is 11.7. The molecule has 1 atom stereocenters. The van der Waals surface area contributed by atoms with Crippen molar-refractivity contribution in [3.8, 4) is 11.9 Å². The van der Waals surface area contributed by atoms with E-state index in [-0.39, 0.29) is 47.6 Å². The first kappa shape index (κ1) is 27.2. The van der Waals surface area contributed by atoms with Crippen LogP contribution >= 0.6 is 0 Å². The highest BCUT2D eigenvalue weighted by Gasteiger charge is 2.31. The van der Waals surface area contributed by atoms with Crippen LogP contribution in [0.1, 0.15) is 36.5 Å². The van der Waals surface area contributed by atoms with E-state index >= 15 is 0 Å². The van der Waals surface area contributed by atoms with E-state index in [1.807, 2.05) is 6.07 Å². The predicted octanol–water partition coefficient (Wildman–Crippen LogP) is 3.05. The number of benzene rings is 1. The molecular weight excluding hydrogens is 477 g/mol. The zero-order chi connectivity index (χ0) is 26.1. The maximum atomic E-state index is 13.3. The van der Waals surface area contributed by atoms with E-state index in [1.54, 1.807) is 6.92 Å². The fourth-order valence-corrected chi connectivity index (χ4v) is 3.91. The van der Waals surface area contributed by atoms with Gasteiger partial charge in [0.15, 0.2) is 17.2 Å². The summed E-state index contributed by atoms with van der Waals surface area (Å²) in [5.41, 5.74) is 5.20. The summed E-state index contributed by atoms with van der Waals surface area (Å²) in [6.07, 6.45) is -3.73. The maximum Gasteiger partial charge on any atom is 0.416 e. The molecule has 3 rings (SSSR count). The number of hydrogen-bond acceptors (Lipinski definition) is 9. The Morgan fingerprint density at radius 1 is 1.33 bits per heavy atom. The molecule has 36 heavy (non-hydrogen) atoms. The van der Waals surface area contributed by atoms with Gasteiger partial charge in [-0.3, -0.25) is 9.69 Å². The maximum absolute atomic E-state index is 13.3. The molecule has 9 nitrogen and oxygen atoms in total. The van der Waals surface area contributed by atoms with E-state index in [0.717, 1.165) is 31.8 Å². The molecule has 1 aromatic heterocycles. The Balaban J connectivity index is 1.81. The number of nitrogens with one attached hydrogen (secondary N) is 1. The molecule has 2 heterocycles. The lowest BCUT2D eigenvalue weighted by Crippen LogP contribution is -2.38. The Morgan fingerprint density at radius 2 is 2.08 bits per heavy atom. The minimum Gasteiger partial charge on any atom is -0.477 e. The molecule has 3 N–H and O–H groups in total. The third kappa shape index (κ3) is 7.53. The van der Waals surface area contributed by atoms with Gasteiger partial charge >= 0.3 is 6.18 Å². The Kier molecular flexibility index (Phi) is 9.44. The minimum atomic E-state index is -4.51. The Bertz CT molecular complexity index is 1080. The zero-order valence-corrected chi connectivity index (χ0v) is 20.0. The molecule has 0 bridgehead atoms. The van der Waals surface area contributed by atoms with Crippen LogP contribution in [0.2, 0.25) is 0 Å². The molecule has 12 heteroatoms. The van der Waals surface area contributed by atoms with Crippen molar-refractivity contribution < 1.29 is 27.4 Å². The number of aromatic nitrogens is 2. The number of carbonyl (C=O) groups is 1. The number of nitriles is 1. The number of ketones is 1. The monoisotopic (exact) mass is 506 g/mol. The highest BCUT2D eigenvalue weighted by Crippen LogP contribution is 2.30. The number of Topliss-reactive ketones (excluding diaryl/α,β-unsaturated/α-hetero) is 1. The van der Waals surface area contributed by atoms with Gasteiger partial charge in [0, 0.05) is 19.5 Å². The van der Waals surface area contributed by atoms with Gasteiger partial charge in [0.2, 0.25) is 11.8 Å². The fraction of sp³-hybridized carbons (Fsp3) is 0.500. The van der Waals surface area contributed by atoms with Gasteiger partial charge in [-0.1, -0.05) is 18.2 Å². The molecular formula is C24H29F3N6O3. The summed E-state index contributed by atoms with van der Waals surface area (Å²) in [4.78, 5) is 23.5. The van der Waals surface area contributed by atoms with Gasteiger partial charge in [0.1, 0.15) is 6.07 Å². The van der Waals surface area contributed by atoms with Crippen molar-refractivity contribution in [1.29, 1.82) is 5.26 Å². The molecule has 0 spiro atoms. The summed E-state index contributed by atoms with van der Waals surface area (Å²) in [5, 5.41) is 12.6. The third-order valence-corrected chi connectivity index (χ3v) is 5.69. The Labute approximate surface area is 207 Å². The summed E-state index contributed by atoms with van der Waals surface area (Å²) in [6, 6.07) is 5.84. The normalized spacial score (nSPS) is 15.2. The molecule has 194 valence electrons. The largest absolute Gasteiger partial charge is 0.477 e. The lowest BCUT2D eigenvalue weighted by molar-refractivity contribution is -0.137. The van der Waals surface area contributed by atoms with Crippen LogP contribution < -0.4 is 15.8 Å². The number of nitrogens with two attached hydrogens (primary N) is 1. The van der Waals surface area contributed by atoms with Crippen LogP contribution in [-0.4, -0.2) is 66.1 Å². The predicted molar refractivity (Wildman–Crippen MR) is 126 cm³/mol.